The number of benzene rings is 1. The van der Waals surface area contributed by atoms with E-state index >= 15 is 0 Å². The molecule has 0 aromatic heterocycles. The minimum atomic E-state index is -4.57. The Morgan fingerprint density at radius 2 is 2.05 bits per heavy atom. The van der Waals surface area contributed by atoms with Gasteiger partial charge in [-0.25, -0.2) is 0 Å². The molecule has 0 saturated heterocycles. The van der Waals surface area contributed by atoms with Gasteiger partial charge in [0.25, 0.3) is 0 Å². The van der Waals surface area contributed by atoms with E-state index in [0.29, 0.717) is 0 Å². The number of esters is 1. The van der Waals surface area contributed by atoms with Crippen LogP contribution in [0.2, 0.25) is 0 Å². The average Bonchev–Trinajstić information content (AvgIpc) is 2.39. The van der Waals surface area contributed by atoms with Gasteiger partial charge in [0.05, 0.1) is 31.3 Å². The van der Waals surface area contributed by atoms with E-state index in [9.17, 15) is 23.1 Å². The van der Waals surface area contributed by atoms with E-state index in [4.69, 9.17) is 10.00 Å². The third-order valence-electron chi connectivity index (χ3n) is 2.40. The first-order valence-corrected chi connectivity index (χ1v) is 6.70. The molecule has 1 aromatic carbocycles. The predicted molar refractivity (Wildman–Crippen MR) is 69.3 cm³/mol. The minimum Gasteiger partial charge on any atom is -0.466 e. The summed E-state index contributed by atoms with van der Waals surface area (Å²) in [6, 6.07) is 4.15. The number of nitrogens with zero attached hydrogens (tertiary/aromatic N) is 1. The van der Waals surface area contributed by atoms with Crippen LogP contribution in [0.25, 0.3) is 0 Å². The zero-order chi connectivity index (χ0) is 16.0. The van der Waals surface area contributed by atoms with Gasteiger partial charge in [-0.2, -0.15) is 18.4 Å². The molecule has 8 heteroatoms. The van der Waals surface area contributed by atoms with E-state index in [2.05, 4.69) is 0 Å². The molecule has 0 heterocycles. The second-order valence-corrected chi connectivity index (χ2v) is 5.00. The molecule has 0 amide bonds. The van der Waals surface area contributed by atoms with Crippen LogP contribution in [0, 0.1) is 11.3 Å². The van der Waals surface area contributed by atoms with Crippen LogP contribution in [-0.2, 0) is 22.6 Å². The number of alkyl halides is 3. The Morgan fingerprint density at radius 1 is 1.43 bits per heavy atom. The van der Waals surface area contributed by atoms with Gasteiger partial charge in [0, 0.05) is 4.90 Å². The topological polar surface area (TPSA) is 70.3 Å². The summed E-state index contributed by atoms with van der Waals surface area (Å²) in [4.78, 5) is 11.2. The van der Waals surface area contributed by atoms with Gasteiger partial charge in [-0.3, -0.25) is 4.79 Å². The first-order valence-electron chi connectivity index (χ1n) is 5.88. The second-order valence-electron chi connectivity index (χ2n) is 3.92. The fraction of sp³-hybridized carbons (Fsp3) is 0.385. The van der Waals surface area contributed by atoms with Crippen molar-refractivity contribution >= 4 is 17.7 Å². The molecule has 0 saturated carbocycles. The SMILES string of the molecule is CCOC(=O)Cc1cc(C#N)cc(CO)c1SC(F)(F)F. The van der Waals surface area contributed by atoms with Crippen molar-refractivity contribution < 1.29 is 27.8 Å². The number of hydrogen-bond donors (Lipinski definition) is 1. The smallest absolute Gasteiger partial charge is 0.446 e. The highest BCUT2D eigenvalue weighted by molar-refractivity contribution is 8.00. The van der Waals surface area contributed by atoms with Crippen molar-refractivity contribution in [3.63, 3.8) is 0 Å². The third kappa shape index (κ3) is 5.28. The molecular weight excluding hydrogens is 307 g/mol. The van der Waals surface area contributed by atoms with Gasteiger partial charge in [-0.1, -0.05) is 0 Å². The van der Waals surface area contributed by atoms with Crippen molar-refractivity contribution in [1.82, 2.24) is 0 Å². The van der Waals surface area contributed by atoms with Crippen molar-refractivity contribution in [2.75, 3.05) is 6.61 Å². The van der Waals surface area contributed by atoms with Gasteiger partial charge in [0.15, 0.2) is 0 Å². The summed E-state index contributed by atoms with van der Waals surface area (Å²) >= 11 is -0.419. The van der Waals surface area contributed by atoms with Crippen LogP contribution in [0.15, 0.2) is 17.0 Å². The lowest BCUT2D eigenvalue weighted by molar-refractivity contribution is -0.142. The summed E-state index contributed by atoms with van der Waals surface area (Å²) in [5.41, 5.74) is -4.53. The summed E-state index contributed by atoms with van der Waals surface area (Å²) < 4.78 is 42.5. The Labute approximate surface area is 123 Å². The first kappa shape index (κ1) is 17.3. The average molecular weight is 319 g/mol. The quantitative estimate of drug-likeness (QED) is 0.667. The van der Waals surface area contributed by atoms with Crippen LogP contribution in [0.5, 0.6) is 0 Å². The molecule has 0 atom stereocenters. The number of rotatable bonds is 5. The highest BCUT2D eigenvalue weighted by Gasteiger charge is 2.32. The Hall–Kier alpha value is -1.72. The van der Waals surface area contributed by atoms with Gasteiger partial charge < -0.3 is 9.84 Å². The molecule has 0 unspecified atom stereocenters. The maximum Gasteiger partial charge on any atom is 0.446 e. The lowest BCUT2D eigenvalue weighted by Crippen LogP contribution is -2.11. The molecule has 0 radical (unpaired) electrons. The number of carbonyl (C=O) groups excluding carboxylic acids is 1. The zero-order valence-electron chi connectivity index (χ0n) is 11.0. The number of aliphatic hydroxyl groups is 1. The molecule has 1 rings (SSSR count). The number of aliphatic hydroxyl groups excluding tert-OH is 1. The molecule has 0 spiro atoms. The van der Waals surface area contributed by atoms with E-state index in [0.717, 1.165) is 0 Å². The lowest BCUT2D eigenvalue weighted by atomic mass is 10.0. The first-order chi connectivity index (χ1) is 9.80. The molecule has 1 aromatic rings. The number of hydrogen-bond acceptors (Lipinski definition) is 5. The number of nitriles is 1. The molecule has 21 heavy (non-hydrogen) atoms. The largest absolute Gasteiger partial charge is 0.466 e. The molecule has 0 fully saturated rings. The normalized spacial score (nSPS) is 11.0. The lowest BCUT2D eigenvalue weighted by Gasteiger charge is -2.15. The van der Waals surface area contributed by atoms with Crippen molar-refractivity contribution in [3.05, 3.63) is 28.8 Å². The summed E-state index contributed by atoms with van der Waals surface area (Å²) in [5.74, 6) is -0.694. The molecule has 0 aliphatic heterocycles. The molecule has 0 aliphatic carbocycles. The van der Waals surface area contributed by atoms with Gasteiger partial charge >= 0.3 is 11.5 Å². The van der Waals surface area contributed by atoms with E-state index in [-0.39, 0.29) is 28.2 Å². The third-order valence-corrected chi connectivity index (χ3v) is 3.36. The molecule has 0 aliphatic rings. The van der Waals surface area contributed by atoms with Crippen LogP contribution < -0.4 is 0 Å². The molecular formula is C13H12F3NO3S. The van der Waals surface area contributed by atoms with E-state index < -0.39 is 36.3 Å². The van der Waals surface area contributed by atoms with Crippen LogP contribution in [-0.4, -0.2) is 23.2 Å². The van der Waals surface area contributed by atoms with E-state index in [1.807, 2.05) is 0 Å². The maximum absolute atomic E-state index is 12.6. The number of halogens is 3. The zero-order valence-corrected chi connectivity index (χ0v) is 11.8. The van der Waals surface area contributed by atoms with Crippen LogP contribution in [0.1, 0.15) is 23.6 Å². The van der Waals surface area contributed by atoms with Crippen molar-refractivity contribution in [1.29, 1.82) is 5.26 Å². The van der Waals surface area contributed by atoms with E-state index in [1.54, 1.807) is 13.0 Å². The highest BCUT2D eigenvalue weighted by Crippen LogP contribution is 2.41. The van der Waals surface area contributed by atoms with Crippen molar-refractivity contribution in [2.24, 2.45) is 0 Å². The Bertz CT molecular complexity index is 567. The standard InChI is InChI=1S/C13H12F3NO3S/c1-2-20-11(19)5-9-3-8(6-17)4-10(7-18)12(9)21-13(14,15)16/h3-4,18H,2,5,7H2,1H3. The summed E-state index contributed by atoms with van der Waals surface area (Å²) in [6.45, 7) is 1.02. The fourth-order valence-electron chi connectivity index (χ4n) is 1.68. The van der Waals surface area contributed by atoms with Crippen molar-refractivity contribution in [2.45, 2.75) is 30.4 Å². The second kappa shape index (κ2) is 7.33. The Kier molecular flexibility index (Phi) is 6.05. The Morgan fingerprint density at radius 3 is 2.52 bits per heavy atom. The molecule has 114 valence electrons. The number of ether oxygens (including phenoxy) is 1. The van der Waals surface area contributed by atoms with Crippen LogP contribution in [0.4, 0.5) is 13.2 Å². The van der Waals surface area contributed by atoms with Crippen LogP contribution in [0.3, 0.4) is 0 Å². The molecule has 4 nitrogen and oxygen atoms in total. The summed E-state index contributed by atoms with van der Waals surface area (Å²) in [7, 11) is 0. The molecule has 0 bridgehead atoms. The predicted octanol–water partition coefficient (Wildman–Crippen LogP) is 2.77. The maximum atomic E-state index is 12.6. The number of carbonyl (C=O) groups is 1. The fourth-order valence-corrected chi connectivity index (χ4v) is 2.43. The van der Waals surface area contributed by atoms with Crippen molar-refractivity contribution in [3.8, 4) is 6.07 Å². The van der Waals surface area contributed by atoms with E-state index in [1.165, 1.54) is 12.1 Å². The Balaban J connectivity index is 3.28. The summed E-state index contributed by atoms with van der Waals surface area (Å²) in [6.07, 6.45) is -0.394. The summed E-state index contributed by atoms with van der Waals surface area (Å²) in [5, 5.41) is 18.1. The van der Waals surface area contributed by atoms with Gasteiger partial charge in [0.1, 0.15) is 0 Å². The van der Waals surface area contributed by atoms with Gasteiger partial charge in [-0.05, 0) is 41.9 Å². The monoisotopic (exact) mass is 319 g/mol. The van der Waals surface area contributed by atoms with Gasteiger partial charge in [-0.15, -0.1) is 0 Å². The van der Waals surface area contributed by atoms with Crippen LogP contribution >= 0.6 is 11.8 Å². The minimum absolute atomic E-state index is 0.0128. The highest BCUT2D eigenvalue weighted by atomic mass is 32.2. The molecule has 1 N–H and O–H groups in total. The van der Waals surface area contributed by atoms with Gasteiger partial charge in [0.2, 0.25) is 0 Å². The number of thioether (sulfide) groups is 1.